The second-order valence-electron chi connectivity index (χ2n) is 8.21. The number of piperazine rings is 2. The summed E-state index contributed by atoms with van der Waals surface area (Å²) < 4.78 is 20.4. The zero-order valence-electron chi connectivity index (χ0n) is 18.1. The summed E-state index contributed by atoms with van der Waals surface area (Å²) >= 11 is 10.7. The molecule has 0 radical (unpaired) electrons. The van der Waals surface area contributed by atoms with Gasteiger partial charge in [-0.15, -0.1) is 0 Å². The van der Waals surface area contributed by atoms with Crippen molar-refractivity contribution in [2.24, 2.45) is 0 Å². The Balaban J connectivity index is 1.34. The Morgan fingerprint density at radius 1 is 1.25 bits per heavy atom. The molecule has 1 aromatic carbocycles. The van der Waals surface area contributed by atoms with Crippen LogP contribution >= 0.6 is 24.4 Å². The number of cyclic esters (lactones) is 1. The van der Waals surface area contributed by atoms with Gasteiger partial charge in [-0.3, -0.25) is 4.90 Å². The van der Waals surface area contributed by atoms with Crippen LogP contribution in [-0.2, 0) is 4.74 Å². The molecule has 2 unspecified atom stereocenters. The van der Waals surface area contributed by atoms with Crippen molar-refractivity contribution >= 4 is 51.9 Å². The molecule has 3 N–H and O–H groups in total. The van der Waals surface area contributed by atoms with Crippen molar-refractivity contribution in [3.8, 4) is 0 Å². The Kier molecular flexibility index (Phi) is 7.39. The summed E-state index contributed by atoms with van der Waals surface area (Å²) in [5, 5.41) is 9.81. The van der Waals surface area contributed by atoms with Gasteiger partial charge in [-0.2, -0.15) is 0 Å². The Bertz CT molecular complexity index is 874. The minimum Gasteiger partial charge on any atom is -0.442 e. The molecule has 0 aromatic heterocycles. The van der Waals surface area contributed by atoms with Crippen LogP contribution < -0.4 is 25.8 Å². The number of nitrogens with one attached hydrogen (secondary N) is 3. The highest BCUT2D eigenvalue weighted by Gasteiger charge is 2.33. The van der Waals surface area contributed by atoms with Gasteiger partial charge in [-0.1, -0.05) is 24.4 Å². The van der Waals surface area contributed by atoms with E-state index in [1.807, 2.05) is 4.90 Å². The first kappa shape index (κ1) is 23.1. The second-order valence-corrected chi connectivity index (χ2v) is 9.24. The molecular formula is C21H29FN6O2S2. The van der Waals surface area contributed by atoms with Crippen LogP contribution in [0.1, 0.15) is 6.92 Å². The van der Waals surface area contributed by atoms with Crippen molar-refractivity contribution in [1.82, 2.24) is 20.9 Å². The smallest absolute Gasteiger partial charge is 0.414 e. The molecule has 2 atom stereocenters. The molecular weight excluding hydrogens is 451 g/mol. The van der Waals surface area contributed by atoms with E-state index in [9.17, 15) is 4.79 Å². The Morgan fingerprint density at radius 2 is 2.03 bits per heavy atom. The number of hydrogen-bond donors (Lipinski definition) is 3. The maximum atomic E-state index is 15.0. The largest absolute Gasteiger partial charge is 0.442 e. The fraction of sp³-hybridized carbons (Fsp3) is 0.571. The first-order chi connectivity index (χ1) is 15.4. The number of carbonyl (C=O) groups is 1. The minimum absolute atomic E-state index is 0.175. The molecule has 32 heavy (non-hydrogen) atoms. The van der Waals surface area contributed by atoms with E-state index in [1.165, 1.54) is 11.0 Å². The topological polar surface area (TPSA) is 72.1 Å². The van der Waals surface area contributed by atoms with Gasteiger partial charge < -0.3 is 30.5 Å². The molecule has 3 heterocycles. The van der Waals surface area contributed by atoms with E-state index in [2.05, 4.69) is 20.9 Å². The lowest BCUT2D eigenvalue weighted by Crippen LogP contribution is -2.59. The molecule has 3 aliphatic heterocycles. The number of halogens is 1. The number of benzene rings is 1. The number of anilines is 2. The average Bonchev–Trinajstić information content (AvgIpc) is 3.18. The van der Waals surface area contributed by atoms with Crippen LogP contribution in [0.2, 0.25) is 0 Å². The number of amides is 1. The van der Waals surface area contributed by atoms with Crippen molar-refractivity contribution in [3.05, 3.63) is 24.0 Å². The number of ether oxygens (including phenoxy) is 1. The van der Waals surface area contributed by atoms with Crippen LogP contribution in [0.15, 0.2) is 18.2 Å². The summed E-state index contributed by atoms with van der Waals surface area (Å²) in [5.74, 6) is -0.346. The van der Waals surface area contributed by atoms with Gasteiger partial charge in [0, 0.05) is 45.8 Å². The monoisotopic (exact) mass is 480 g/mol. The van der Waals surface area contributed by atoms with E-state index in [1.54, 1.807) is 19.1 Å². The van der Waals surface area contributed by atoms with Crippen LogP contribution in [0.25, 0.3) is 0 Å². The van der Waals surface area contributed by atoms with Gasteiger partial charge in [0.1, 0.15) is 11.9 Å². The predicted molar refractivity (Wildman–Crippen MR) is 131 cm³/mol. The van der Waals surface area contributed by atoms with Crippen LogP contribution in [0.5, 0.6) is 0 Å². The van der Waals surface area contributed by atoms with Crippen molar-refractivity contribution in [2.75, 3.05) is 68.7 Å². The van der Waals surface area contributed by atoms with Crippen molar-refractivity contribution < 1.29 is 13.9 Å². The SMILES string of the molecule is CC(=S)NCC1CN(c2ccc(N3CCN(C(=S)C4CNCCN4)CC3)c(F)c2)C(=O)O1. The quantitative estimate of drug-likeness (QED) is 0.538. The lowest BCUT2D eigenvalue weighted by atomic mass is 10.1. The second kappa shape index (κ2) is 10.2. The van der Waals surface area contributed by atoms with Crippen molar-refractivity contribution in [2.45, 2.75) is 19.1 Å². The molecule has 3 saturated heterocycles. The van der Waals surface area contributed by atoms with Crippen molar-refractivity contribution in [3.63, 3.8) is 0 Å². The van der Waals surface area contributed by atoms with Gasteiger partial charge in [0.25, 0.3) is 0 Å². The van der Waals surface area contributed by atoms with Crippen molar-refractivity contribution in [1.29, 1.82) is 0 Å². The molecule has 8 nitrogen and oxygen atoms in total. The summed E-state index contributed by atoms with van der Waals surface area (Å²) in [6.07, 6.45) is -0.798. The highest BCUT2D eigenvalue weighted by Crippen LogP contribution is 2.28. The molecule has 11 heteroatoms. The number of nitrogens with zero attached hydrogens (tertiary/aromatic N) is 3. The number of thiocarbonyl (C=S) groups is 2. The Labute approximate surface area is 198 Å². The fourth-order valence-corrected chi connectivity index (χ4v) is 4.67. The highest BCUT2D eigenvalue weighted by molar-refractivity contribution is 7.80. The molecule has 1 amide bonds. The van der Waals surface area contributed by atoms with E-state index >= 15 is 4.39 Å². The minimum atomic E-state index is -0.473. The third kappa shape index (κ3) is 5.28. The van der Waals surface area contributed by atoms with E-state index < -0.39 is 6.09 Å². The first-order valence-corrected chi connectivity index (χ1v) is 11.7. The lowest BCUT2D eigenvalue weighted by Gasteiger charge is -2.40. The molecule has 3 aliphatic rings. The standard InChI is InChI=1S/C21H29FN6O2S2/c1-14(31)25-11-16-13-28(21(29)30-16)15-2-3-19(17(22)10-15)26-6-8-27(9-7-26)20(32)18-12-23-4-5-24-18/h2-3,10,16,18,23-24H,4-9,11-13H2,1H3,(H,25,31). The number of rotatable bonds is 5. The van der Waals surface area contributed by atoms with Gasteiger partial charge >= 0.3 is 6.09 Å². The van der Waals surface area contributed by atoms with Gasteiger partial charge in [0.2, 0.25) is 0 Å². The van der Waals surface area contributed by atoms with Gasteiger partial charge in [0.05, 0.1) is 40.5 Å². The van der Waals surface area contributed by atoms with Crippen LogP contribution in [0, 0.1) is 5.82 Å². The molecule has 0 bridgehead atoms. The highest BCUT2D eigenvalue weighted by atomic mass is 32.1. The summed E-state index contributed by atoms with van der Waals surface area (Å²) in [5.41, 5.74) is 1.03. The maximum Gasteiger partial charge on any atom is 0.414 e. The molecule has 0 spiro atoms. The van der Waals surface area contributed by atoms with Gasteiger partial charge in [0.15, 0.2) is 0 Å². The summed E-state index contributed by atoms with van der Waals surface area (Å²) in [4.78, 5) is 19.5. The van der Waals surface area contributed by atoms with E-state index in [-0.39, 0.29) is 18.0 Å². The van der Waals surface area contributed by atoms with Crippen LogP contribution in [0.3, 0.4) is 0 Å². The average molecular weight is 481 g/mol. The van der Waals surface area contributed by atoms with E-state index in [0.717, 1.165) is 37.7 Å². The summed E-state index contributed by atoms with van der Waals surface area (Å²) in [6.45, 7) is 8.17. The zero-order valence-corrected chi connectivity index (χ0v) is 19.7. The molecule has 0 aliphatic carbocycles. The third-order valence-corrected chi connectivity index (χ3v) is 6.65. The third-order valence-electron chi connectivity index (χ3n) is 5.97. The van der Waals surface area contributed by atoms with Crippen LogP contribution in [0.4, 0.5) is 20.6 Å². The molecule has 0 saturated carbocycles. The number of carbonyl (C=O) groups excluding carboxylic acids is 1. The van der Waals surface area contributed by atoms with Crippen LogP contribution in [-0.4, -0.2) is 92.0 Å². The molecule has 3 fully saturated rings. The fourth-order valence-electron chi connectivity index (χ4n) is 4.23. The van der Waals surface area contributed by atoms with Gasteiger partial charge in [-0.25, -0.2) is 9.18 Å². The summed E-state index contributed by atoms with van der Waals surface area (Å²) in [6, 6.07) is 5.10. The molecule has 174 valence electrons. The maximum absolute atomic E-state index is 15.0. The van der Waals surface area contributed by atoms with E-state index in [0.29, 0.717) is 42.5 Å². The Hall–Kier alpha value is -2.08. The summed E-state index contributed by atoms with van der Waals surface area (Å²) in [7, 11) is 0. The zero-order chi connectivity index (χ0) is 22.7. The number of hydrogen-bond acceptors (Lipinski definition) is 7. The lowest BCUT2D eigenvalue weighted by molar-refractivity contribution is 0.143. The first-order valence-electron chi connectivity index (χ1n) is 10.9. The predicted octanol–water partition coefficient (Wildman–Crippen LogP) is 1.10. The van der Waals surface area contributed by atoms with E-state index in [4.69, 9.17) is 29.2 Å². The molecule has 4 rings (SSSR count). The normalized spacial score (nSPS) is 23.8. The molecule has 1 aromatic rings. The Morgan fingerprint density at radius 3 is 2.69 bits per heavy atom. The van der Waals surface area contributed by atoms with Gasteiger partial charge in [-0.05, 0) is 25.1 Å².